The standard InChI is InChI=1S/C36H64N2O4Si2/c1-26(2)43(8,9)41-32(22-31(21-28-17-13-12-14-18-28)35(40)42-44(10,11)27(3)4)25-38-24-30-20-16-15-19-29(30)23-33(38)34(39)37-36(5,6)7/h12-14,17-18,26-27,29-33H,15-16,19-25H2,1-11H3,(H,37,39)/t29-,30+,31+,32+,33-/m0/s1. The minimum absolute atomic E-state index is 0.0927. The number of carbonyl (C=O) groups excluding carboxylic acids is 2. The molecule has 0 bridgehead atoms. The molecule has 5 atom stereocenters. The summed E-state index contributed by atoms with van der Waals surface area (Å²) < 4.78 is 13.5. The molecule has 2 aliphatic rings. The Hall–Kier alpha value is -1.49. The molecule has 1 aliphatic heterocycles. The maximum absolute atomic E-state index is 14.0. The predicted octanol–water partition coefficient (Wildman–Crippen LogP) is 8.19. The maximum Gasteiger partial charge on any atom is 0.296 e. The topological polar surface area (TPSA) is 67.9 Å². The van der Waals surface area contributed by atoms with Crippen molar-refractivity contribution < 1.29 is 18.4 Å². The molecule has 0 aromatic heterocycles. The summed E-state index contributed by atoms with van der Waals surface area (Å²) >= 11 is 0. The number of hydrogen-bond donors (Lipinski definition) is 1. The molecule has 1 saturated heterocycles. The maximum atomic E-state index is 14.0. The summed E-state index contributed by atoms with van der Waals surface area (Å²) in [4.78, 5) is 30.2. The van der Waals surface area contributed by atoms with Crippen LogP contribution in [0.15, 0.2) is 30.3 Å². The fourth-order valence-corrected chi connectivity index (χ4v) is 8.78. The van der Waals surface area contributed by atoms with Crippen LogP contribution >= 0.6 is 0 Å². The van der Waals surface area contributed by atoms with Gasteiger partial charge in [0, 0.05) is 18.6 Å². The number of amides is 1. The molecular weight excluding hydrogens is 581 g/mol. The lowest BCUT2D eigenvalue weighted by Crippen LogP contribution is -2.59. The van der Waals surface area contributed by atoms with Crippen LogP contribution in [0.2, 0.25) is 37.3 Å². The van der Waals surface area contributed by atoms with E-state index in [0.29, 0.717) is 42.3 Å². The van der Waals surface area contributed by atoms with Gasteiger partial charge in [-0.1, -0.05) is 77.3 Å². The normalized spacial score (nSPS) is 23.2. The number of fused-ring (bicyclic) bond motifs is 1. The first-order valence-corrected chi connectivity index (χ1v) is 23.4. The van der Waals surface area contributed by atoms with E-state index in [1.54, 1.807) is 0 Å². The second-order valence-corrected chi connectivity index (χ2v) is 25.7. The summed E-state index contributed by atoms with van der Waals surface area (Å²) in [6.07, 6.45) is 7.00. The summed E-state index contributed by atoms with van der Waals surface area (Å²) in [5.41, 5.74) is 1.62. The van der Waals surface area contributed by atoms with E-state index in [4.69, 9.17) is 8.85 Å². The Balaban J connectivity index is 1.95. The van der Waals surface area contributed by atoms with Crippen molar-refractivity contribution in [2.24, 2.45) is 17.8 Å². The van der Waals surface area contributed by atoms with Crippen molar-refractivity contribution in [1.82, 2.24) is 10.2 Å². The lowest BCUT2D eigenvalue weighted by Gasteiger charge is -2.47. The Morgan fingerprint density at radius 3 is 2.09 bits per heavy atom. The fourth-order valence-electron chi connectivity index (χ4n) is 6.55. The second kappa shape index (κ2) is 15.4. The summed E-state index contributed by atoms with van der Waals surface area (Å²) in [5.74, 6) is 0.969. The van der Waals surface area contributed by atoms with E-state index in [9.17, 15) is 9.59 Å². The van der Waals surface area contributed by atoms with Gasteiger partial charge < -0.3 is 14.2 Å². The Bertz CT molecular complexity index is 1070. The van der Waals surface area contributed by atoms with E-state index in [0.717, 1.165) is 18.5 Å². The molecule has 0 radical (unpaired) electrons. The number of benzene rings is 1. The van der Waals surface area contributed by atoms with Crippen LogP contribution in [0.25, 0.3) is 0 Å². The highest BCUT2D eigenvalue weighted by Gasteiger charge is 2.43. The van der Waals surface area contributed by atoms with Crippen molar-refractivity contribution in [3.05, 3.63) is 35.9 Å². The third-order valence-corrected chi connectivity index (χ3v) is 17.8. The molecule has 250 valence electrons. The Kier molecular flexibility index (Phi) is 12.9. The molecule has 1 saturated carbocycles. The van der Waals surface area contributed by atoms with Crippen LogP contribution in [0, 0.1) is 17.8 Å². The summed E-state index contributed by atoms with van der Waals surface area (Å²) in [6, 6.07) is 10.1. The molecule has 6 nitrogen and oxygen atoms in total. The molecule has 1 aliphatic carbocycles. The average molecular weight is 645 g/mol. The van der Waals surface area contributed by atoms with Crippen LogP contribution in [0.1, 0.15) is 92.6 Å². The van der Waals surface area contributed by atoms with Crippen molar-refractivity contribution in [3.8, 4) is 0 Å². The lowest BCUT2D eigenvalue weighted by molar-refractivity contribution is -0.141. The number of piperidine rings is 1. The summed E-state index contributed by atoms with van der Waals surface area (Å²) in [5, 5.41) is 3.30. The summed E-state index contributed by atoms with van der Waals surface area (Å²) in [6.45, 7) is 25.5. The highest BCUT2D eigenvalue weighted by atomic mass is 28.4. The number of nitrogens with zero attached hydrogens (tertiary/aromatic N) is 1. The van der Waals surface area contributed by atoms with Crippen LogP contribution in [0.3, 0.4) is 0 Å². The van der Waals surface area contributed by atoms with Crippen LogP contribution in [0.5, 0.6) is 0 Å². The first-order valence-electron chi connectivity index (χ1n) is 17.4. The quantitative estimate of drug-likeness (QED) is 0.219. The van der Waals surface area contributed by atoms with E-state index < -0.39 is 16.6 Å². The Morgan fingerprint density at radius 1 is 0.932 bits per heavy atom. The van der Waals surface area contributed by atoms with E-state index in [2.05, 4.69) is 97.0 Å². The Labute approximate surface area is 271 Å². The highest BCUT2D eigenvalue weighted by Crippen LogP contribution is 2.39. The number of nitrogens with one attached hydrogen (secondary N) is 1. The third-order valence-electron chi connectivity index (χ3n) is 10.6. The van der Waals surface area contributed by atoms with E-state index in [-0.39, 0.29) is 35.5 Å². The van der Waals surface area contributed by atoms with Gasteiger partial charge in [0.15, 0.2) is 8.32 Å². The zero-order valence-corrected chi connectivity index (χ0v) is 31.9. The predicted molar refractivity (Wildman–Crippen MR) is 188 cm³/mol. The van der Waals surface area contributed by atoms with Crippen molar-refractivity contribution in [2.75, 3.05) is 13.1 Å². The van der Waals surface area contributed by atoms with Crippen molar-refractivity contribution in [3.63, 3.8) is 0 Å². The van der Waals surface area contributed by atoms with Crippen LogP contribution in [0.4, 0.5) is 0 Å². The molecule has 44 heavy (non-hydrogen) atoms. The largest absolute Gasteiger partial charge is 0.519 e. The fraction of sp³-hybridized carbons (Fsp3) is 0.778. The number of likely N-dealkylation sites (tertiary alicyclic amines) is 1. The molecule has 8 heteroatoms. The number of rotatable bonds is 13. The smallest absolute Gasteiger partial charge is 0.296 e. The lowest BCUT2D eigenvalue weighted by atomic mass is 9.72. The highest BCUT2D eigenvalue weighted by molar-refractivity contribution is 6.74. The second-order valence-electron chi connectivity index (χ2n) is 16.5. The molecule has 0 unspecified atom stereocenters. The van der Waals surface area contributed by atoms with Gasteiger partial charge >= 0.3 is 0 Å². The summed E-state index contributed by atoms with van der Waals surface area (Å²) in [7, 11) is -4.27. The SMILES string of the molecule is CC(C)[Si](C)(C)OC(=O)[C@H](Cc1ccccc1)C[C@H](CN1C[C@H]2CCCC[C@H]2C[C@H]1C(=O)NC(C)(C)C)O[Si](C)(C)C(C)C. The van der Waals surface area contributed by atoms with Gasteiger partial charge in [-0.25, -0.2) is 0 Å². The molecule has 3 rings (SSSR count). The zero-order valence-electron chi connectivity index (χ0n) is 29.9. The average Bonchev–Trinajstić information content (AvgIpc) is 2.91. The van der Waals surface area contributed by atoms with Gasteiger partial charge in [-0.3, -0.25) is 14.5 Å². The first kappa shape index (κ1) is 37.0. The molecule has 2 fully saturated rings. The van der Waals surface area contributed by atoms with Gasteiger partial charge in [0.1, 0.15) is 0 Å². The monoisotopic (exact) mass is 644 g/mol. The van der Waals surface area contributed by atoms with Gasteiger partial charge in [0.25, 0.3) is 14.3 Å². The molecular formula is C36H64N2O4Si2. The van der Waals surface area contributed by atoms with Gasteiger partial charge in [-0.15, -0.1) is 0 Å². The minimum atomic E-state index is -2.20. The molecule has 1 N–H and O–H groups in total. The van der Waals surface area contributed by atoms with Crippen molar-refractivity contribution >= 4 is 28.5 Å². The molecule has 1 amide bonds. The van der Waals surface area contributed by atoms with Gasteiger partial charge in [-0.05, 0) is 101 Å². The van der Waals surface area contributed by atoms with Gasteiger partial charge in [0.05, 0.1) is 18.1 Å². The molecule has 1 aromatic carbocycles. The minimum Gasteiger partial charge on any atom is -0.519 e. The molecule has 1 heterocycles. The zero-order chi connectivity index (χ0) is 32.9. The Morgan fingerprint density at radius 2 is 1.52 bits per heavy atom. The van der Waals surface area contributed by atoms with Crippen molar-refractivity contribution in [1.29, 1.82) is 0 Å². The van der Waals surface area contributed by atoms with Gasteiger partial charge in [0.2, 0.25) is 5.91 Å². The van der Waals surface area contributed by atoms with Crippen LogP contribution in [-0.2, 0) is 24.9 Å². The van der Waals surface area contributed by atoms with E-state index in [1.807, 2.05) is 18.2 Å². The molecule has 0 spiro atoms. The molecule has 1 aromatic rings. The third kappa shape index (κ3) is 10.8. The first-order chi connectivity index (χ1) is 20.4. The number of carbonyl (C=O) groups is 2. The van der Waals surface area contributed by atoms with Crippen LogP contribution < -0.4 is 5.32 Å². The van der Waals surface area contributed by atoms with Gasteiger partial charge in [-0.2, -0.15) is 0 Å². The number of hydrogen-bond acceptors (Lipinski definition) is 5. The van der Waals surface area contributed by atoms with Crippen molar-refractivity contribution in [2.45, 2.75) is 148 Å². The van der Waals surface area contributed by atoms with E-state index >= 15 is 0 Å². The van der Waals surface area contributed by atoms with Crippen LogP contribution in [-0.4, -0.2) is 64.2 Å². The van der Waals surface area contributed by atoms with E-state index in [1.165, 1.54) is 25.7 Å².